The molecule has 21 heavy (non-hydrogen) atoms. The van der Waals surface area contributed by atoms with E-state index in [9.17, 15) is 13.2 Å². The summed E-state index contributed by atoms with van der Waals surface area (Å²) in [4.78, 5) is 0.921. The molecule has 1 heterocycles. The van der Waals surface area contributed by atoms with Gasteiger partial charge in [0, 0.05) is 4.88 Å². The van der Waals surface area contributed by atoms with Crippen LogP contribution < -0.4 is 5.32 Å². The highest BCUT2D eigenvalue weighted by Gasteiger charge is 2.30. The average molecular weight is 334 g/mol. The quantitative estimate of drug-likeness (QED) is 0.760. The van der Waals surface area contributed by atoms with E-state index in [1.807, 2.05) is 12.3 Å². The summed E-state index contributed by atoms with van der Waals surface area (Å²) in [5.74, 6) is 0. The number of benzene rings is 1. The molecule has 0 aliphatic rings. The van der Waals surface area contributed by atoms with Crippen LogP contribution in [0.3, 0.4) is 0 Å². The lowest BCUT2D eigenvalue weighted by Gasteiger charge is -2.19. The minimum absolute atomic E-state index is 0.181. The maximum absolute atomic E-state index is 12.6. The molecular weight excluding hydrogens is 319 g/mol. The van der Waals surface area contributed by atoms with Gasteiger partial charge in [0.2, 0.25) is 0 Å². The van der Waals surface area contributed by atoms with Crippen LogP contribution in [0, 0.1) is 0 Å². The van der Waals surface area contributed by atoms with E-state index >= 15 is 0 Å². The molecule has 0 aliphatic carbocycles. The number of hydrogen-bond acceptors (Lipinski definition) is 2. The molecule has 1 aromatic heterocycles. The Bertz CT molecular complexity index is 577. The van der Waals surface area contributed by atoms with E-state index < -0.39 is 11.7 Å². The molecule has 1 atom stereocenters. The molecule has 6 heteroatoms. The van der Waals surface area contributed by atoms with Crippen molar-refractivity contribution in [2.75, 3.05) is 6.54 Å². The predicted octanol–water partition coefficient (Wildman–Crippen LogP) is 5.51. The second kappa shape index (κ2) is 6.81. The van der Waals surface area contributed by atoms with Gasteiger partial charge in [-0.1, -0.05) is 30.7 Å². The van der Waals surface area contributed by atoms with E-state index in [-0.39, 0.29) is 6.04 Å². The van der Waals surface area contributed by atoms with E-state index in [2.05, 4.69) is 5.32 Å². The molecule has 0 spiro atoms. The molecule has 0 bridgehead atoms. The van der Waals surface area contributed by atoms with Gasteiger partial charge < -0.3 is 5.32 Å². The maximum atomic E-state index is 12.6. The van der Waals surface area contributed by atoms with Crippen LogP contribution in [-0.4, -0.2) is 6.54 Å². The molecule has 1 unspecified atom stereocenters. The van der Waals surface area contributed by atoms with E-state index in [0.717, 1.165) is 35.5 Å². The summed E-state index contributed by atoms with van der Waals surface area (Å²) in [6.45, 7) is 2.80. The fourth-order valence-electron chi connectivity index (χ4n) is 2.03. The molecule has 0 amide bonds. The average Bonchev–Trinajstić information content (AvgIpc) is 2.85. The zero-order valence-electron chi connectivity index (χ0n) is 11.4. The van der Waals surface area contributed by atoms with Gasteiger partial charge in [-0.3, -0.25) is 0 Å². The third-order valence-corrected chi connectivity index (χ3v) is 4.50. The highest BCUT2D eigenvalue weighted by molar-refractivity contribution is 7.10. The largest absolute Gasteiger partial charge is 0.416 e. The van der Waals surface area contributed by atoms with Crippen molar-refractivity contribution in [3.05, 3.63) is 56.7 Å². The number of rotatable bonds is 5. The minimum Gasteiger partial charge on any atom is -0.306 e. The first-order valence-corrected chi connectivity index (χ1v) is 7.82. The summed E-state index contributed by atoms with van der Waals surface area (Å²) < 4.78 is 37.9. The van der Waals surface area contributed by atoms with E-state index in [0.29, 0.717) is 5.02 Å². The van der Waals surface area contributed by atoms with E-state index in [1.165, 1.54) is 23.5 Å². The molecule has 1 nitrogen and oxygen atoms in total. The normalized spacial score (nSPS) is 13.4. The molecule has 2 rings (SSSR count). The standard InChI is InChI=1S/C15H15ClF3NS/c1-2-8-20-13(14-12(16)7-9-21-14)10-3-5-11(6-4-10)15(17,18)19/h3-7,9,13,20H,2,8H2,1H3. The van der Waals surface area contributed by atoms with Gasteiger partial charge in [0.25, 0.3) is 0 Å². The van der Waals surface area contributed by atoms with Crippen molar-refractivity contribution in [3.63, 3.8) is 0 Å². The summed E-state index contributed by atoms with van der Waals surface area (Å²) in [6.07, 6.45) is -3.38. The van der Waals surface area contributed by atoms with Crippen LogP contribution in [0.2, 0.25) is 5.02 Å². The molecular formula is C15H15ClF3NS. The number of halogens is 4. The van der Waals surface area contributed by atoms with Crippen molar-refractivity contribution in [1.82, 2.24) is 5.32 Å². The molecule has 0 saturated carbocycles. The molecule has 114 valence electrons. The topological polar surface area (TPSA) is 12.0 Å². The van der Waals surface area contributed by atoms with Crippen LogP contribution in [-0.2, 0) is 6.18 Å². The van der Waals surface area contributed by atoms with Crippen molar-refractivity contribution in [1.29, 1.82) is 0 Å². The summed E-state index contributed by atoms with van der Waals surface area (Å²) >= 11 is 7.65. The third-order valence-electron chi connectivity index (χ3n) is 3.08. The molecule has 1 aromatic carbocycles. The molecule has 2 aromatic rings. The van der Waals surface area contributed by atoms with Gasteiger partial charge in [0.15, 0.2) is 0 Å². The van der Waals surface area contributed by atoms with Crippen LogP contribution >= 0.6 is 22.9 Å². The van der Waals surface area contributed by atoms with Crippen molar-refractivity contribution in [2.45, 2.75) is 25.6 Å². The van der Waals surface area contributed by atoms with Crippen LogP contribution in [0.4, 0.5) is 13.2 Å². The lowest BCUT2D eigenvalue weighted by Crippen LogP contribution is -2.22. The zero-order valence-corrected chi connectivity index (χ0v) is 12.9. The zero-order chi connectivity index (χ0) is 15.5. The van der Waals surface area contributed by atoms with E-state index in [1.54, 1.807) is 6.07 Å². The fourth-order valence-corrected chi connectivity index (χ4v) is 3.29. The second-order valence-corrected chi connectivity index (χ2v) is 5.99. The molecule has 0 aliphatic heterocycles. The number of hydrogen-bond donors (Lipinski definition) is 1. The summed E-state index contributed by atoms with van der Waals surface area (Å²) in [5, 5.41) is 5.84. The first kappa shape index (κ1) is 16.3. The molecule has 0 saturated heterocycles. The van der Waals surface area contributed by atoms with Gasteiger partial charge in [-0.2, -0.15) is 13.2 Å². The van der Waals surface area contributed by atoms with Gasteiger partial charge in [0.1, 0.15) is 0 Å². The van der Waals surface area contributed by atoms with Crippen LogP contribution in [0.5, 0.6) is 0 Å². The van der Waals surface area contributed by atoms with E-state index in [4.69, 9.17) is 11.6 Å². The first-order chi connectivity index (χ1) is 9.93. The van der Waals surface area contributed by atoms with Gasteiger partial charge in [0.05, 0.1) is 16.6 Å². The first-order valence-electron chi connectivity index (χ1n) is 6.57. The Kier molecular flexibility index (Phi) is 5.30. The van der Waals surface area contributed by atoms with Gasteiger partial charge in [-0.15, -0.1) is 11.3 Å². The summed E-state index contributed by atoms with van der Waals surface area (Å²) in [7, 11) is 0. The Hall–Kier alpha value is -1.04. The van der Waals surface area contributed by atoms with Gasteiger partial charge >= 0.3 is 6.18 Å². The lowest BCUT2D eigenvalue weighted by molar-refractivity contribution is -0.137. The van der Waals surface area contributed by atoms with Gasteiger partial charge in [-0.05, 0) is 42.1 Å². The Labute approximate surface area is 130 Å². The van der Waals surface area contributed by atoms with Crippen LogP contribution in [0.1, 0.15) is 35.4 Å². The molecule has 0 radical (unpaired) electrons. The van der Waals surface area contributed by atoms with Crippen molar-refractivity contribution in [2.24, 2.45) is 0 Å². The van der Waals surface area contributed by atoms with Crippen LogP contribution in [0.25, 0.3) is 0 Å². The Morgan fingerprint density at radius 2 is 1.86 bits per heavy atom. The third kappa shape index (κ3) is 3.99. The monoisotopic (exact) mass is 333 g/mol. The number of alkyl halides is 3. The highest BCUT2D eigenvalue weighted by atomic mass is 35.5. The maximum Gasteiger partial charge on any atom is 0.416 e. The van der Waals surface area contributed by atoms with Crippen molar-refractivity contribution >= 4 is 22.9 Å². The second-order valence-electron chi connectivity index (χ2n) is 4.64. The predicted molar refractivity (Wildman–Crippen MR) is 80.9 cm³/mol. The minimum atomic E-state index is -4.31. The van der Waals surface area contributed by atoms with Crippen LogP contribution in [0.15, 0.2) is 35.7 Å². The SMILES string of the molecule is CCCNC(c1ccc(C(F)(F)F)cc1)c1sccc1Cl. The number of thiophene rings is 1. The summed E-state index contributed by atoms with van der Waals surface area (Å²) in [5.41, 5.74) is 0.138. The fraction of sp³-hybridized carbons (Fsp3) is 0.333. The summed E-state index contributed by atoms with van der Waals surface area (Å²) in [6, 6.07) is 6.85. The van der Waals surface area contributed by atoms with Crippen molar-refractivity contribution < 1.29 is 13.2 Å². The smallest absolute Gasteiger partial charge is 0.306 e. The lowest BCUT2D eigenvalue weighted by atomic mass is 10.0. The van der Waals surface area contributed by atoms with Crippen molar-refractivity contribution in [3.8, 4) is 0 Å². The Morgan fingerprint density at radius 1 is 1.19 bits per heavy atom. The Morgan fingerprint density at radius 3 is 2.33 bits per heavy atom. The number of nitrogens with one attached hydrogen (secondary N) is 1. The highest BCUT2D eigenvalue weighted by Crippen LogP contribution is 2.35. The molecule has 1 N–H and O–H groups in total. The molecule has 0 fully saturated rings. The Balaban J connectivity index is 2.31. The van der Waals surface area contributed by atoms with Gasteiger partial charge in [-0.25, -0.2) is 0 Å².